The minimum Gasteiger partial charge on any atom is -0.506 e. The van der Waals surface area contributed by atoms with Crippen LogP contribution in [0.3, 0.4) is 0 Å². The third-order valence-electron chi connectivity index (χ3n) is 9.83. The fourth-order valence-corrected chi connectivity index (χ4v) is 7.20. The van der Waals surface area contributed by atoms with E-state index in [9.17, 15) is 29.4 Å². The fraction of sp³-hybridized carbons (Fsp3) is 0.400. The molecule has 1 unspecified atom stereocenters. The molecule has 5 rings (SSSR count). The summed E-state index contributed by atoms with van der Waals surface area (Å²) in [5.74, 6) is -2.73. The number of hydrogen-bond donors (Lipinski definition) is 5. The largest absolute Gasteiger partial charge is 0.506 e. The SMILES string of the molecule is C=CC1=C(C)C(CC2=N/C(=C3/C(C(=O)OC)=C(O)c4c3[nH]c(Cc3[nH]c(C=O)c(C)c3CC)c4C)[C@@H](CCC(=O)O)[C@@H]2C)NC1=O. The number of nitrogens with zero attached hydrogens (tertiary/aromatic N) is 1. The maximum absolute atomic E-state index is 13.2. The number of carbonyl (C=O) groups is 4. The number of aliphatic carboxylic acids is 1. The molecule has 46 heavy (non-hydrogen) atoms. The average Bonchev–Trinajstić information content (AvgIpc) is 3.76. The molecular weight excluding hydrogens is 588 g/mol. The molecule has 0 fully saturated rings. The van der Waals surface area contributed by atoms with E-state index in [1.807, 2.05) is 34.6 Å². The van der Waals surface area contributed by atoms with Gasteiger partial charge in [-0.05, 0) is 55.9 Å². The summed E-state index contributed by atoms with van der Waals surface area (Å²) in [6.45, 7) is 13.4. The van der Waals surface area contributed by atoms with Gasteiger partial charge in [-0.15, -0.1) is 0 Å². The Labute approximate surface area is 267 Å². The minimum atomic E-state index is -0.957. The zero-order valence-electron chi connectivity index (χ0n) is 27.0. The summed E-state index contributed by atoms with van der Waals surface area (Å²) < 4.78 is 5.12. The molecule has 0 aromatic carbocycles. The van der Waals surface area contributed by atoms with Crippen LogP contribution in [-0.2, 0) is 32.0 Å². The molecule has 2 aromatic rings. The number of allylic oxidation sites excluding steroid dienone is 1. The van der Waals surface area contributed by atoms with Crippen molar-refractivity contribution in [1.29, 1.82) is 0 Å². The second-order valence-corrected chi connectivity index (χ2v) is 12.2. The number of carboxylic acids is 1. The average molecular weight is 629 g/mol. The smallest absolute Gasteiger partial charge is 0.342 e. The molecule has 0 saturated heterocycles. The molecule has 2 aromatic heterocycles. The van der Waals surface area contributed by atoms with Gasteiger partial charge in [0.25, 0.3) is 5.91 Å². The number of aromatic nitrogens is 2. The van der Waals surface area contributed by atoms with E-state index >= 15 is 0 Å². The summed E-state index contributed by atoms with van der Waals surface area (Å²) in [4.78, 5) is 60.8. The maximum atomic E-state index is 13.2. The Morgan fingerprint density at radius 2 is 1.85 bits per heavy atom. The van der Waals surface area contributed by atoms with Crippen molar-refractivity contribution in [2.45, 2.75) is 72.8 Å². The van der Waals surface area contributed by atoms with Gasteiger partial charge >= 0.3 is 11.9 Å². The van der Waals surface area contributed by atoms with Crippen molar-refractivity contribution in [3.05, 3.63) is 80.1 Å². The van der Waals surface area contributed by atoms with Crippen molar-refractivity contribution in [2.75, 3.05) is 7.11 Å². The Morgan fingerprint density at radius 1 is 1.13 bits per heavy atom. The number of nitrogens with one attached hydrogen (secondary N) is 3. The summed E-state index contributed by atoms with van der Waals surface area (Å²) in [5, 5.41) is 24.2. The van der Waals surface area contributed by atoms with Gasteiger partial charge in [0.05, 0.1) is 30.2 Å². The van der Waals surface area contributed by atoms with E-state index in [2.05, 4.69) is 21.9 Å². The Balaban J connectivity index is 1.67. The van der Waals surface area contributed by atoms with Gasteiger partial charge < -0.3 is 30.2 Å². The van der Waals surface area contributed by atoms with E-state index in [1.54, 1.807) is 0 Å². The lowest BCUT2D eigenvalue weighted by Crippen LogP contribution is -2.32. The zero-order valence-corrected chi connectivity index (χ0v) is 27.0. The molecule has 11 heteroatoms. The van der Waals surface area contributed by atoms with E-state index < -0.39 is 11.9 Å². The number of amides is 1. The fourth-order valence-electron chi connectivity index (χ4n) is 7.20. The van der Waals surface area contributed by atoms with E-state index in [0.717, 1.165) is 52.1 Å². The number of fused-ring (bicyclic) bond motifs is 1. The highest BCUT2D eigenvalue weighted by Crippen LogP contribution is 2.50. The van der Waals surface area contributed by atoms with Gasteiger partial charge in [-0.3, -0.25) is 19.4 Å². The predicted molar refractivity (Wildman–Crippen MR) is 174 cm³/mol. The molecule has 0 spiro atoms. The van der Waals surface area contributed by atoms with Crippen LogP contribution in [-0.4, -0.2) is 63.2 Å². The van der Waals surface area contributed by atoms with Gasteiger partial charge in [-0.25, -0.2) is 4.79 Å². The highest BCUT2D eigenvalue weighted by atomic mass is 16.5. The van der Waals surface area contributed by atoms with Crippen molar-refractivity contribution in [2.24, 2.45) is 16.8 Å². The number of carbonyl (C=O) groups excluding carboxylic acids is 3. The zero-order chi connectivity index (χ0) is 33.6. The number of aldehydes is 1. The number of ether oxygens (including phenoxy) is 1. The predicted octanol–water partition coefficient (Wildman–Crippen LogP) is 5.05. The van der Waals surface area contributed by atoms with Gasteiger partial charge in [0.2, 0.25) is 0 Å². The number of methoxy groups -OCH3 is 1. The van der Waals surface area contributed by atoms with Crippen LogP contribution >= 0.6 is 0 Å². The number of hydrogen-bond acceptors (Lipinski definition) is 7. The van der Waals surface area contributed by atoms with Crippen LogP contribution < -0.4 is 5.32 Å². The topological polar surface area (TPSA) is 174 Å². The van der Waals surface area contributed by atoms with Crippen LogP contribution in [0, 0.1) is 25.7 Å². The monoisotopic (exact) mass is 628 g/mol. The first kappa shape index (κ1) is 32.5. The molecule has 3 atom stereocenters. The Kier molecular flexibility index (Phi) is 8.79. The standard InChI is InChI=1S/C35H40N4O7/c1-8-19-15(3)26(14-40)36-25(19)13-24-18(6)28-32(38-24)29(30(33(28)43)35(45)46-7)31-21(10-11-27(41)42)17(5)22(37-31)12-23-16(4)20(9-2)34(44)39-23/h9,14,17,21,23,36,38,43H,2,8,10-13H2,1,3-7H3,(H,39,44)(H,41,42)/b31-29-/t17-,21-,23?/m0/s1. The lowest BCUT2D eigenvalue weighted by atomic mass is 9.82. The molecule has 11 nitrogen and oxygen atoms in total. The minimum absolute atomic E-state index is 0.0293. The normalized spacial score (nSPS) is 22.3. The van der Waals surface area contributed by atoms with Crippen molar-refractivity contribution >= 4 is 41.2 Å². The van der Waals surface area contributed by atoms with Crippen molar-refractivity contribution in [3.8, 4) is 0 Å². The van der Waals surface area contributed by atoms with Crippen LogP contribution in [0.1, 0.15) is 89.9 Å². The van der Waals surface area contributed by atoms with Gasteiger partial charge in [-0.1, -0.05) is 26.5 Å². The Morgan fingerprint density at radius 3 is 2.43 bits per heavy atom. The molecule has 1 amide bonds. The second kappa shape index (κ2) is 12.5. The first-order valence-electron chi connectivity index (χ1n) is 15.4. The lowest BCUT2D eigenvalue weighted by Gasteiger charge is -2.20. The van der Waals surface area contributed by atoms with Crippen molar-refractivity contribution in [3.63, 3.8) is 0 Å². The summed E-state index contributed by atoms with van der Waals surface area (Å²) in [7, 11) is 1.24. The van der Waals surface area contributed by atoms with Crippen LogP contribution in [0.25, 0.3) is 11.3 Å². The molecule has 1 aliphatic carbocycles. The van der Waals surface area contributed by atoms with E-state index in [4.69, 9.17) is 9.73 Å². The highest BCUT2D eigenvalue weighted by molar-refractivity contribution is 6.18. The molecule has 3 aliphatic rings. The van der Waals surface area contributed by atoms with Crippen LogP contribution in [0.5, 0.6) is 0 Å². The lowest BCUT2D eigenvalue weighted by molar-refractivity contribution is -0.137. The first-order valence-corrected chi connectivity index (χ1v) is 15.4. The third kappa shape index (κ3) is 5.23. The number of esters is 1. The molecule has 2 aliphatic heterocycles. The number of H-pyrrole nitrogens is 2. The van der Waals surface area contributed by atoms with Crippen LogP contribution in [0.2, 0.25) is 0 Å². The Hall–Kier alpha value is -4.93. The maximum Gasteiger partial charge on any atom is 0.342 e. The molecule has 0 bridgehead atoms. The van der Waals surface area contributed by atoms with Gasteiger partial charge in [0, 0.05) is 64.9 Å². The van der Waals surface area contributed by atoms with Crippen molar-refractivity contribution < 1.29 is 34.1 Å². The molecule has 0 saturated carbocycles. The summed E-state index contributed by atoms with van der Waals surface area (Å²) in [5.41, 5.74) is 8.80. The van der Waals surface area contributed by atoms with Crippen LogP contribution in [0.4, 0.5) is 0 Å². The summed E-state index contributed by atoms with van der Waals surface area (Å²) in [6, 6.07) is -0.304. The van der Waals surface area contributed by atoms with E-state index in [-0.39, 0.29) is 48.0 Å². The van der Waals surface area contributed by atoms with E-state index in [0.29, 0.717) is 46.6 Å². The molecular formula is C35H40N4O7. The highest BCUT2D eigenvalue weighted by Gasteiger charge is 2.43. The molecule has 0 radical (unpaired) electrons. The van der Waals surface area contributed by atoms with Crippen molar-refractivity contribution in [1.82, 2.24) is 15.3 Å². The first-order chi connectivity index (χ1) is 21.9. The third-order valence-corrected chi connectivity index (χ3v) is 9.83. The number of carboxylic acid groups (broad SMARTS) is 1. The Bertz CT molecular complexity index is 1810. The van der Waals surface area contributed by atoms with E-state index in [1.165, 1.54) is 13.2 Å². The number of aliphatic hydroxyl groups excluding tert-OH is 1. The quantitative estimate of drug-likeness (QED) is 0.171. The van der Waals surface area contributed by atoms with Gasteiger partial charge in [0.1, 0.15) is 11.3 Å². The number of aliphatic imine (C=N–C) groups is 1. The number of aromatic amines is 2. The second-order valence-electron chi connectivity index (χ2n) is 12.2. The molecule has 242 valence electrons. The van der Waals surface area contributed by atoms with Gasteiger partial charge in [0.15, 0.2) is 6.29 Å². The van der Waals surface area contributed by atoms with Gasteiger partial charge in [-0.2, -0.15) is 0 Å². The van der Waals surface area contributed by atoms with Crippen LogP contribution in [0.15, 0.2) is 40.1 Å². The summed E-state index contributed by atoms with van der Waals surface area (Å²) in [6.07, 6.45) is 4.01. The molecule has 5 N–H and O–H groups in total. The number of aliphatic hydroxyl groups is 1. The summed E-state index contributed by atoms with van der Waals surface area (Å²) >= 11 is 0. The number of rotatable bonds is 11. The molecule has 4 heterocycles.